The molecule has 2 aliphatic rings. The van der Waals surface area contributed by atoms with Gasteiger partial charge in [0.2, 0.25) is 0 Å². The van der Waals surface area contributed by atoms with E-state index in [2.05, 4.69) is 5.32 Å². The van der Waals surface area contributed by atoms with Gasteiger partial charge in [0.05, 0.1) is 12.7 Å². The van der Waals surface area contributed by atoms with E-state index in [4.69, 9.17) is 10.5 Å². The normalized spacial score (nSPS) is 31.2. The standard InChI is InChI=1S/C18H25F3N2O/c19-12-8-14(18(21)15(20)9-12)11-3-5-13(6-4-11)24-10-17-16(22)2-1-7-23-17/h8-9,11,13,16-17,23H,1-7,10,22H2/t11-,13+,16-,17-/m0/s1. The van der Waals surface area contributed by atoms with Crippen LogP contribution in [0, 0.1) is 17.5 Å². The van der Waals surface area contributed by atoms with Crippen molar-refractivity contribution in [3.63, 3.8) is 0 Å². The molecule has 1 saturated carbocycles. The van der Waals surface area contributed by atoms with E-state index in [0.717, 1.165) is 38.3 Å². The molecule has 0 unspecified atom stereocenters. The topological polar surface area (TPSA) is 47.3 Å². The number of halogens is 3. The Kier molecular flexibility index (Phi) is 5.79. The summed E-state index contributed by atoms with van der Waals surface area (Å²) < 4.78 is 46.6. The van der Waals surface area contributed by atoms with Crippen molar-refractivity contribution in [3.8, 4) is 0 Å². The van der Waals surface area contributed by atoms with Crippen LogP contribution in [0.2, 0.25) is 0 Å². The van der Waals surface area contributed by atoms with Gasteiger partial charge in [-0.05, 0) is 62.6 Å². The number of nitrogens with one attached hydrogen (secondary N) is 1. The highest BCUT2D eigenvalue weighted by molar-refractivity contribution is 5.24. The second kappa shape index (κ2) is 7.85. The molecule has 0 amide bonds. The van der Waals surface area contributed by atoms with Crippen LogP contribution in [0.15, 0.2) is 12.1 Å². The molecule has 0 spiro atoms. The molecular weight excluding hydrogens is 317 g/mol. The summed E-state index contributed by atoms with van der Waals surface area (Å²) in [5.41, 5.74) is 6.24. The molecule has 0 aromatic heterocycles. The summed E-state index contributed by atoms with van der Waals surface area (Å²) in [6.45, 7) is 1.55. The van der Waals surface area contributed by atoms with Crippen molar-refractivity contribution >= 4 is 0 Å². The molecule has 2 fully saturated rings. The first-order chi connectivity index (χ1) is 11.5. The highest BCUT2D eigenvalue weighted by Gasteiger charge is 2.28. The smallest absolute Gasteiger partial charge is 0.162 e. The minimum absolute atomic E-state index is 0.110. The number of hydrogen-bond acceptors (Lipinski definition) is 3. The fourth-order valence-corrected chi connectivity index (χ4v) is 3.81. The molecule has 3 nitrogen and oxygen atoms in total. The number of piperidine rings is 1. The third-order valence-electron chi connectivity index (χ3n) is 5.28. The Bertz CT molecular complexity index is 561. The number of hydrogen-bond donors (Lipinski definition) is 2. The lowest BCUT2D eigenvalue weighted by atomic mass is 9.82. The summed E-state index contributed by atoms with van der Waals surface area (Å²) in [6.07, 6.45) is 5.10. The molecule has 1 aromatic rings. The van der Waals surface area contributed by atoms with Gasteiger partial charge in [-0.25, -0.2) is 13.2 Å². The first kappa shape index (κ1) is 17.7. The van der Waals surface area contributed by atoms with E-state index >= 15 is 0 Å². The molecule has 1 saturated heterocycles. The SMILES string of the molecule is N[C@H]1CCCN[C@H]1CO[C@H]1CC[C@@H](c2cc(F)cc(F)c2F)CC1. The maximum absolute atomic E-state index is 13.9. The van der Waals surface area contributed by atoms with Gasteiger partial charge >= 0.3 is 0 Å². The van der Waals surface area contributed by atoms with Crippen LogP contribution in [0.5, 0.6) is 0 Å². The summed E-state index contributed by atoms with van der Waals surface area (Å²) in [7, 11) is 0. The van der Waals surface area contributed by atoms with E-state index in [9.17, 15) is 13.2 Å². The summed E-state index contributed by atoms with van der Waals surface area (Å²) >= 11 is 0. The zero-order valence-electron chi connectivity index (χ0n) is 13.7. The van der Waals surface area contributed by atoms with E-state index in [0.29, 0.717) is 25.5 Å². The van der Waals surface area contributed by atoms with Crippen molar-refractivity contribution in [1.82, 2.24) is 5.32 Å². The summed E-state index contributed by atoms with van der Waals surface area (Å²) in [4.78, 5) is 0. The van der Waals surface area contributed by atoms with Gasteiger partial charge in [0.15, 0.2) is 11.6 Å². The Hall–Kier alpha value is -1.11. The lowest BCUT2D eigenvalue weighted by molar-refractivity contribution is 0.00599. The summed E-state index contributed by atoms with van der Waals surface area (Å²) in [6, 6.07) is 2.02. The highest BCUT2D eigenvalue weighted by Crippen LogP contribution is 2.36. The van der Waals surface area contributed by atoms with E-state index in [-0.39, 0.29) is 29.7 Å². The lowest BCUT2D eigenvalue weighted by Gasteiger charge is -2.33. The van der Waals surface area contributed by atoms with Gasteiger partial charge in [-0.15, -0.1) is 0 Å². The van der Waals surface area contributed by atoms with Crippen LogP contribution in [-0.2, 0) is 4.74 Å². The quantitative estimate of drug-likeness (QED) is 0.826. The van der Waals surface area contributed by atoms with Crippen LogP contribution >= 0.6 is 0 Å². The third-order valence-corrected chi connectivity index (χ3v) is 5.28. The Morgan fingerprint density at radius 1 is 1.08 bits per heavy atom. The van der Waals surface area contributed by atoms with Gasteiger partial charge in [0.25, 0.3) is 0 Å². The Morgan fingerprint density at radius 3 is 2.54 bits per heavy atom. The van der Waals surface area contributed by atoms with Crippen molar-refractivity contribution in [2.24, 2.45) is 5.73 Å². The van der Waals surface area contributed by atoms with Crippen molar-refractivity contribution < 1.29 is 17.9 Å². The van der Waals surface area contributed by atoms with Crippen molar-refractivity contribution in [1.29, 1.82) is 0 Å². The second-order valence-corrected chi connectivity index (χ2v) is 6.96. The van der Waals surface area contributed by atoms with E-state index in [1.807, 2.05) is 0 Å². The van der Waals surface area contributed by atoms with Gasteiger partial charge < -0.3 is 15.8 Å². The van der Waals surface area contributed by atoms with E-state index in [1.54, 1.807) is 0 Å². The third kappa shape index (κ3) is 4.10. The minimum atomic E-state index is -1.11. The van der Waals surface area contributed by atoms with Crippen LogP contribution in [0.3, 0.4) is 0 Å². The molecule has 0 radical (unpaired) electrons. The van der Waals surface area contributed by atoms with Gasteiger partial charge in [0, 0.05) is 18.2 Å². The molecule has 2 atom stereocenters. The zero-order chi connectivity index (χ0) is 17.1. The largest absolute Gasteiger partial charge is 0.377 e. The van der Waals surface area contributed by atoms with Gasteiger partial charge in [0.1, 0.15) is 5.82 Å². The molecule has 0 bridgehead atoms. The molecule has 3 N–H and O–H groups in total. The fourth-order valence-electron chi connectivity index (χ4n) is 3.81. The number of benzene rings is 1. The average molecular weight is 342 g/mol. The van der Waals surface area contributed by atoms with Crippen molar-refractivity contribution in [2.75, 3.05) is 13.2 Å². The summed E-state index contributed by atoms with van der Waals surface area (Å²) in [5, 5.41) is 3.38. The van der Waals surface area contributed by atoms with Gasteiger partial charge in [-0.2, -0.15) is 0 Å². The molecule has 24 heavy (non-hydrogen) atoms. The maximum Gasteiger partial charge on any atom is 0.162 e. The molecule has 3 rings (SSSR count). The van der Waals surface area contributed by atoms with Crippen LogP contribution in [-0.4, -0.2) is 31.3 Å². The number of ether oxygens (including phenoxy) is 1. The zero-order valence-corrected chi connectivity index (χ0v) is 13.7. The monoisotopic (exact) mass is 342 g/mol. The summed E-state index contributed by atoms with van der Waals surface area (Å²) in [5.74, 6) is -2.90. The molecule has 6 heteroatoms. The van der Waals surface area contributed by atoms with Crippen molar-refractivity contribution in [3.05, 3.63) is 35.1 Å². The van der Waals surface area contributed by atoms with Crippen LogP contribution < -0.4 is 11.1 Å². The molecular formula is C18H25F3N2O. The Morgan fingerprint density at radius 2 is 1.83 bits per heavy atom. The molecule has 1 heterocycles. The minimum Gasteiger partial charge on any atom is -0.377 e. The second-order valence-electron chi connectivity index (χ2n) is 6.96. The first-order valence-corrected chi connectivity index (χ1v) is 8.79. The number of nitrogens with two attached hydrogens (primary N) is 1. The fraction of sp³-hybridized carbons (Fsp3) is 0.667. The predicted molar refractivity (Wildman–Crippen MR) is 86.3 cm³/mol. The molecule has 1 aliphatic carbocycles. The predicted octanol–water partition coefficient (Wildman–Crippen LogP) is 3.23. The molecule has 134 valence electrons. The lowest BCUT2D eigenvalue weighted by Crippen LogP contribution is -2.52. The van der Waals surface area contributed by atoms with Gasteiger partial charge in [-0.3, -0.25) is 0 Å². The van der Waals surface area contributed by atoms with Gasteiger partial charge in [-0.1, -0.05) is 0 Å². The molecule has 1 aromatic carbocycles. The van der Waals surface area contributed by atoms with Crippen LogP contribution in [0.4, 0.5) is 13.2 Å². The van der Waals surface area contributed by atoms with Crippen LogP contribution in [0.25, 0.3) is 0 Å². The van der Waals surface area contributed by atoms with E-state index in [1.165, 1.54) is 0 Å². The molecule has 1 aliphatic heterocycles. The highest BCUT2D eigenvalue weighted by atomic mass is 19.2. The van der Waals surface area contributed by atoms with E-state index < -0.39 is 17.5 Å². The Labute approximate surface area is 140 Å². The van der Waals surface area contributed by atoms with Crippen LogP contribution in [0.1, 0.15) is 50.0 Å². The maximum atomic E-state index is 13.9. The number of rotatable bonds is 4. The van der Waals surface area contributed by atoms with Crippen molar-refractivity contribution in [2.45, 2.75) is 62.6 Å². The Balaban J connectivity index is 1.51. The first-order valence-electron chi connectivity index (χ1n) is 8.79. The average Bonchev–Trinajstić information content (AvgIpc) is 2.58.